The first-order valence-corrected chi connectivity index (χ1v) is 7.77. The quantitative estimate of drug-likeness (QED) is 0.803. The van der Waals surface area contributed by atoms with Gasteiger partial charge in [0.05, 0.1) is 11.5 Å². The van der Waals surface area contributed by atoms with Crippen LogP contribution in [-0.2, 0) is 22.8 Å². The van der Waals surface area contributed by atoms with Crippen molar-refractivity contribution in [3.63, 3.8) is 0 Å². The maximum absolute atomic E-state index is 11.3. The van der Waals surface area contributed by atoms with E-state index >= 15 is 0 Å². The normalized spacial score (nSPS) is 20.3. The topological polar surface area (TPSA) is 50.3 Å². The van der Waals surface area contributed by atoms with E-state index in [0.29, 0.717) is 13.1 Å². The molecule has 0 radical (unpaired) electrons. The fraction of sp³-hybridized carbons (Fsp3) is 0.583. The molecule has 1 aromatic rings. The summed E-state index contributed by atoms with van der Waals surface area (Å²) in [7, 11) is -2.78. The van der Waals surface area contributed by atoms with Gasteiger partial charge >= 0.3 is 0 Å². The highest BCUT2D eigenvalue weighted by Crippen LogP contribution is 2.10. The third-order valence-electron chi connectivity index (χ3n) is 3.10. The molecule has 17 heavy (non-hydrogen) atoms. The number of rotatable bonds is 3. The average molecular weight is 254 g/mol. The van der Waals surface area contributed by atoms with Gasteiger partial charge < -0.3 is 0 Å². The fourth-order valence-corrected chi connectivity index (χ4v) is 3.26. The van der Waals surface area contributed by atoms with Crippen LogP contribution in [0.15, 0.2) is 18.5 Å². The second-order valence-electron chi connectivity index (χ2n) is 4.48. The van der Waals surface area contributed by atoms with Crippen molar-refractivity contribution >= 4 is 9.84 Å². The molecule has 0 unspecified atom stereocenters. The molecule has 94 valence electrons. The predicted molar refractivity (Wildman–Crippen MR) is 67.5 cm³/mol. The van der Waals surface area contributed by atoms with Gasteiger partial charge in [0, 0.05) is 32.0 Å². The maximum Gasteiger partial charge on any atom is 0.152 e. The number of hydrogen-bond acceptors (Lipinski definition) is 4. The molecule has 0 saturated carbocycles. The summed E-state index contributed by atoms with van der Waals surface area (Å²) in [5.74, 6) is 0.571. The minimum Gasteiger partial charge on any atom is -0.297 e. The molecule has 4 nitrogen and oxygen atoms in total. The number of sulfone groups is 1. The van der Waals surface area contributed by atoms with Gasteiger partial charge in [0.15, 0.2) is 9.84 Å². The molecular formula is C12H18N2O2S. The molecule has 1 fully saturated rings. The third kappa shape index (κ3) is 3.51. The lowest BCUT2D eigenvalue weighted by molar-refractivity contribution is 0.287. The molecular weight excluding hydrogens is 236 g/mol. The Balaban J connectivity index is 1.97. The zero-order valence-electron chi connectivity index (χ0n) is 10.1. The zero-order chi connectivity index (χ0) is 12.3. The van der Waals surface area contributed by atoms with E-state index in [9.17, 15) is 8.42 Å². The molecule has 1 saturated heterocycles. The Labute approximate surface area is 103 Å². The Kier molecular flexibility index (Phi) is 3.79. The van der Waals surface area contributed by atoms with Gasteiger partial charge in [0.1, 0.15) is 0 Å². The van der Waals surface area contributed by atoms with Gasteiger partial charge in [-0.1, -0.05) is 13.0 Å². The first-order valence-electron chi connectivity index (χ1n) is 5.94. The number of nitrogens with zero attached hydrogens (tertiary/aromatic N) is 2. The largest absolute Gasteiger partial charge is 0.297 e. The van der Waals surface area contributed by atoms with Crippen LogP contribution in [0.3, 0.4) is 0 Å². The van der Waals surface area contributed by atoms with Gasteiger partial charge in [-0.15, -0.1) is 0 Å². The summed E-state index contributed by atoms with van der Waals surface area (Å²) >= 11 is 0. The zero-order valence-corrected chi connectivity index (χ0v) is 10.9. The van der Waals surface area contributed by atoms with Gasteiger partial charge in [-0.25, -0.2) is 8.42 Å². The molecule has 1 aliphatic rings. The summed E-state index contributed by atoms with van der Waals surface area (Å²) in [5, 5.41) is 0. The lowest BCUT2D eigenvalue weighted by Gasteiger charge is -2.26. The van der Waals surface area contributed by atoms with Crippen LogP contribution in [0.25, 0.3) is 0 Å². The Morgan fingerprint density at radius 3 is 2.53 bits per heavy atom. The van der Waals surface area contributed by atoms with Crippen molar-refractivity contribution in [1.29, 1.82) is 0 Å². The fourth-order valence-electron chi connectivity index (χ4n) is 1.99. The van der Waals surface area contributed by atoms with Crippen LogP contribution in [0.4, 0.5) is 0 Å². The maximum atomic E-state index is 11.3. The summed E-state index contributed by atoms with van der Waals surface area (Å²) < 4.78 is 22.6. The molecule has 0 bridgehead atoms. The van der Waals surface area contributed by atoms with Crippen LogP contribution in [0, 0.1) is 0 Å². The van der Waals surface area contributed by atoms with Crippen LogP contribution in [-0.4, -0.2) is 42.9 Å². The van der Waals surface area contributed by atoms with Crippen molar-refractivity contribution in [2.75, 3.05) is 24.6 Å². The minimum atomic E-state index is -2.78. The Morgan fingerprint density at radius 1 is 1.24 bits per heavy atom. The highest BCUT2D eigenvalue weighted by Gasteiger charge is 2.21. The highest BCUT2D eigenvalue weighted by atomic mass is 32.2. The first kappa shape index (κ1) is 12.5. The summed E-state index contributed by atoms with van der Waals surface area (Å²) in [6, 6.07) is 2.15. The molecule has 1 aliphatic heterocycles. The predicted octanol–water partition coefficient (Wildman–Crippen LogP) is 0.874. The molecule has 0 spiro atoms. The van der Waals surface area contributed by atoms with Gasteiger partial charge in [-0.2, -0.15) is 0 Å². The molecule has 0 amide bonds. The summed E-state index contributed by atoms with van der Waals surface area (Å²) in [4.78, 5) is 6.38. The van der Waals surface area contributed by atoms with Crippen molar-refractivity contribution in [3.05, 3.63) is 29.6 Å². The van der Waals surface area contributed by atoms with E-state index in [1.54, 1.807) is 0 Å². The van der Waals surface area contributed by atoms with E-state index < -0.39 is 9.84 Å². The molecule has 2 rings (SSSR count). The Hall–Kier alpha value is -0.940. The molecule has 0 N–H and O–H groups in total. The number of aryl methyl sites for hydroxylation is 1. The van der Waals surface area contributed by atoms with Crippen LogP contribution in [0.5, 0.6) is 0 Å². The van der Waals surface area contributed by atoms with Crippen molar-refractivity contribution in [2.45, 2.75) is 19.9 Å². The van der Waals surface area contributed by atoms with E-state index in [0.717, 1.165) is 13.0 Å². The highest BCUT2D eigenvalue weighted by molar-refractivity contribution is 7.91. The van der Waals surface area contributed by atoms with Crippen molar-refractivity contribution in [2.24, 2.45) is 0 Å². The lowest BCUT2D eigenvalue weighted by atomic mass is 10.1. The second kappa shape index (κ2) is 5.14. The van der Waals surface area contributed by atoms with E-state index in [1.165, 1.54) is 11.1 Å². The molecule has 0 aromatic carbocycles. The standard InChI is InChI=1S/C12H18N2O2S/c1-2-11-7-12(9-13-8-11)10-14-3-5-17(15,16)6-4-14/h7-9H,2-6,10H2,1H3. The van der Waals surface area contributed by atoms with E-state index in [1.807, 2.05) is 12.4 Å². The Morgan fingerprint density at radius 2 is 1.88 bits per heavy atom. The SMILES string of the molecule is CCc1cncc(CN2CCS(=O)(=O)CC2)c1. The van der Waals surface area contributed by atoms with E-state index in [-0.39, 0.29) is 11.5 Å². The van der Waals surface area contributed by atoms with Gasteiger partial charge in [-0.3, -0.25) is 9.88 Å². The van der Waals surface area contributed by atoms with Gasteiger partial charge in [-0.05, 0) is 17.5 Å². The summed E-state index contributed by atoms with van der Waals surface area (Å²) in [6.07, 6.45) is 4.72. The van der Waals surface area contributed by atoms with E-state index in [4.69, 9.17) is 0 Å². The second-order valence-corrected chi connectivity index (χ2v) is 6.79. The van der Waals surface area contributed by atoms with Crippen molar-refractivity contribution in [3.8, 4) is 0 Å². The summed E-state index contributed by atoms with van der Waals surface area (Å²) in [5.41, 5.74) is 2.40. The molecule has 5 heteroatoms. The van der Waals surface area contributed by atoms with Gasteiger partial charge in [0.25, 0.3) is 0 Å². The monoisotopic (exact) mass is 254 g/mol. The van der Waals surface area contributed by atoms with Crippen LogP contribution in [0.2, 0.25) is 0 Å². The number of pyridine rings is 1. The molecule has 0 aliphatic carbocycles. The first-order chi connectivity index (χ1) is 8.09. The molecule has 0 atom stereocenters. The smallest absolute Gasteiger partial charge is 0.152 e. The molecule has 2 heterocycles. The van der Waals surface area contributed by atoms with Crippen molar-refractivity contribution in [1.82, 2.24) is 9.88 Å². The number of aromatic nitrogens is 1. The summed E-state index contributed by atoms with van der Waals surface area (Å²) in [6.45, 7) is 4.18. The minimum absolute atomic E-state index is 0.286. The Bertz CT molecular complexity index is 471. The van der Waals surface area contributed by atoms with Crippen LogP contribution in [0.1, 0.15) is 18.1 Å². The number of hydrogen-bond donors (Lipinski definition) is 0. The lowest BCUT2D eigenvalue weighted by Crippen LogP contribution is -2.39. The van der Waals surface area contributed by atoms with Crippen molar-refractivity contribution < 1.29 is 8.42 Å². The third-order valence-corrected chi connectivity index (χ3v) is 4.71. The average Bonchev–Trinajstić information content (AvgIpc) is 2.32. The van der Waals surface area contributed by atoms with Gasteiger partial charge in [0.2, 0.25) is 0 Å². The van der Waals surface area contributed by atoms with Crippen LogP contribution >= 0.6 is 0 Å². The van der Waals surface area contributed by atoms with E-state index in [2.05, 4.69) is 22.9 Å². The molecule has 1 aromatic heterocycles. The van der Waals surface area contributed by atoms with Crippen LogP contribution < -0.4 is 0 Å².